The van der Waals surface area contributed by atoms with Crippen molar-refractivity contribution in [3.8, 4) is 11.4 Å². The van der Waals surface area contributed by atoms with E-state index in [4.69, 9.17) is 10.6 Å². The molecular weight excluding hydrogens is 324 g/mol. The standard InChI is InChI=1S/C17H18N4O2S/c1-23-11-8-6-10(7-9-11)21-16(22)14-12-4-2-3-5-13(12)24-15(14)19-17(21)20-18/h6-9H,2-5,18H2,1H3,(H,19,20). The van der Waals surface area contributed by atoms with Crippen molar-refractivity contribution < 1.29 is 4.74 Å². The third-order valence-corrected chi connectivity index (χ3v) is 5.63. The number of aryl methyl sites for hydroxylation is 2. The van der Waals surface area contributed by atoms with Gasteiger partial charge in [0.05, 0.1) is 18.2 Å². The van der Waals surface area contributed by atoms with Gasteiger partial charge in [-0.2, -0.15) is 0 Å². The molecule has 124 valence electrons. The molecule has 0 atom stereocenters. The van der Waals surface area contributed by atoms with Gasteiger partial charge >= 0.3 is 0 Å². The summed E-state index contributed by atoms with van der Waals surface area (Å²) in [6, 6.07) is 7.28. The Morgan fingerprint density at radius 2 is 2.00 bits per heavy atom. The number of nitrogens with zero attached hydrogens (tertiary/aromatic N) is 2. The van der Waals surface area contributed by atoms with Crippen molar-refractivity contribution >= 4 is 27.5 Å². The Morgan fingerprint density at radius 3 is 2.71 bits per heavy atom. The number of anilines is 1. The van der Waals surface area contributed by atoms with Gasteiger partial charge in [0.25, 0.3) is 5.56 Å². The molecule has 2 aromatic heterocycles. The molecular formula is C17H18N4O2S. The maximum atomic E-state index is 13.2. The number of rotatable bonds is 3. The molecule has 1 aliphatic rings. The van der Waals surface area contributed by atoms with Crippen LogP contribution in [-0.2, 0) is 12.8 Å². The van der Waals surface area contributed by atoms with E-state index in [1.54, 1.807) is 18.4 Å². The molecule has 0 unspecified atom stereocenters. The highest BCUT2D eigenvalue weighted by molar-refractivity contribution is 7.18. The van der Waals surface area contributed by atoms with E-state index in [0.717, 1.165) is 35.2 Å². The van der Waals surface area contributed by atoms with Crippen LogP contribution >= 0.6 is 11.3 Å². The lowest BCUT2D eigenvalue weighted by molar-refractivity contribution is 0.414. The zero-order valence-corrected chi connectivity index (χ0v) is 14.2. The molecule has 0 fully saturated rings. The van der Waals surface area contributed by atoms with Gasteiger partial charge in [0, 0.05) is 4.88 Å². The highest BCUT2D eigenvalue weighted by atomic mass is 32.1. The van der Waals surface area contributed by atoms with Crippen LogP contribution in [0.1, 0.15) is 23.3 Å². The molecule has 3 aromatic rings. The van der Waals surface area contributed by atoms with Crippen LogP contribution in [0.5, 0.6) is 5.75 Å². The number of aromatic nitrogens is 2. The minimum absolute atomic E-state index is 0.0717. The molecule has 1 aromatic carbocycles. The molecule has 2 heterocycles. The molecule has 7 heteroatoms. The third-order valence-electron chi connectivity index (χ3n) is 4.45. The fraction of sp³-hybridized carbons (Fsp3) is 0.294. The molecule has 1 aliphatic carbocycles. The number of ether oxygens (including phenoxy) is 1. The summed E-state index contributed by atoms with van der Waals surface area (Å²) >= 11 is 1.61. The van der Waals surface area contributed by atoms with Crippen LogP contribution in [0.15, 0.2) is 29.1 Å². The average molecular weight is 342 g/mol. The number of fused-ring (bicyclic) bond motifs is 3. The van der Waals surface area contributed by atoms with Crippen molar-refractivity contribution in [1.29, 1.82) is 0 Å². The first-order valence-electron chi connectivity index (χ1n) is 7.91. The number of nitrogen functional groups attached to an aromatic ring is 1. The molecule has 0 amide bonds. The van der Waals surface area contributed by atoms with Crippen molar-refractivity contribution in [3.05, 3.63) is 45.1 Å². The van der Waals surface area contributed by atoms with Crippen molar-refractivity contribution in [2.75, 3.05) is 12.5 Å². The van der Waals surface area contributed by atoms with Gasteiger partial charge in [0.2, 0.25) is 5.95 Å². The Balaban J connectivity index is 1.99. The van der Waals surface area contributed by atoms with Gasteiger partial charge in [-0.3, -0.25) is 10.2 Å². The summed E-state index contributed by atoms with van der Waals surface area (Å²) in [5.41, 5.74) is 4.37. The molecule has 0 saturated heterocycles. The largest absolute Gasteiger partial charge is 0.497 e. The van der Waals surface area contributed by atoms with Crippen molar-refractivity contribution in [1.82, 2.24) is 9.55 Å². The molecule has 0 saturated carbocycles. The van der Waals surface area contributed by atoms with E-state index in [1.807, 2.05) is 24.3 Å². The maximum Gasteiger partial charge on any atom is 0.268 e. The number of hydrogen-bond donors (Lipinski definition) is 2. The summed E-state index contributed by atoms with van der Waals surface area (Å²) in [4.78, 5) is 19.8. The molecule has 0 bridgehead atoms. The minimum Gasteiger partial charge on any atom is -0.497 e. The summed E-state index contributed by atoms with van der Waals surface area (Å²) in [5, 5.41) is 0.740. The fourth-order valence-electron chi connectivity index (χ4n) is 3.27. The van der Waals surface area contributed by atoms with Crippen molar-refractivity contribution in [2.24, 2.45) is 5.84 Å². The smallest absolute Gasteiger partial charge is 0.268 e. The fourth-order valence-corrected chi connectivity index (χ4v) is 4.52. The Morgan fingerprint density at radius 1 is 1.25 bits per heavy atom. The summed E-state index contributed by atoms with van der Waals surface area (Å²) in [6.07, 6.45) is 4.28. The predicted octanol–water partition coefficient (Wildman–Crippen LogP) is 2.62. The van der Waals surface area contributed by atoms with E-state index in [2.05, 4.69) is 10.4 Å². The quantitative estimate of drug-likeness (QED) is 0.565. The van der Waals surface area contributed by atoms with E-state index < -0.39 is 0 Å². The van der Waals surface area contributed by atoms with Crippen molar-refractivity contribution in [3.63, 3.8) is 0 Å². The minimum atomic E-state index is -0.0717. The van der Waals surface area contributed by atoms with Crippen LogP contribution in [0.3, 0.4) is 0 Å². The molecule has 24 heavy (non-hydrogen) atoms. The zero-order chi connectivity index (χ0) is 16.7. The molecule has 4 rings (SSSR count). The summed E-state index contributed by atoms with van der Waals surface area (Å²) in [5.74, 6) is 6.71. The third kappa shape index (κ3) is 2.28. The zero-order valence-electron chi connectivity index (χ0n) is 13.3. The van der Waals surface area contributed by atoms with Gasteiger partial charge < -0.3 is 4.74 Å². The van der Waals surface area contributed by atoms with Gasteiger partial charge in [-0.1, -0.05) is 0 Å². The van der Waals surface area contributed by atoms with E-state index in [0.29, 0.717) is 11.6 Å². The first-order valence-corrected chi connectivity index (χ1v) is 8.73. The first-order chi connectivity index (χ1) is 11.7. The number of nitrogens with one attached hydrogen (secondary N) is 1. The molecule has 0 radical (unpaired) electrons. The van der Waals surface area contributed by atoms with Gasteiger partial charge in [-0.25, -0.2) is 15.4 Å². The van der Waals surface area contributed by atoms with Crippen LogP contribution < -0.4 is 21.6 Å². The van der Waals surface area contributed by atoms with E-state index in [-0.39, 0.29) is 5.56 Å². The van der Waals surface area contributed by atoms with Crippen LogP contribution in [0.2, 0.25) is 0 Å². The van der Waals surface area contributed by atoms with Gasteiger partial charge in [-0.15, -0.1) is 11.3 Å². The predicted molar refractivity (Wildman–Crippen MR) is 96.2 cm³/mol. The van der Waals surface area contributed by atoms with Crippen LogP contribution in [0.25, 0.3) is 15.9 Å². The summed E-state index contributed by atoms with van der Waals surface area (Å²) in [7, 11) is 1.61. The van der Waals surface area contributed by atoms with E-state index in [9.17, 15) is 4.79 Å². The highest BCUT2D eigenvalue weighted by Crippen LogP contribution is 2.34. The number of nitrogens with two attached hydrogens (primary N) is 1. The molecule has 3 N–H and O–H groups in total. The summed E-state index contributed by atoms with van der Waals surface area (Å²) < 4.78 is 6.71. The van der Waals surface area contributed by atoms with Crippen molar-refractivity contribution in [2.45, 2.75) is 25.7 Å². The van der Waals surface area contributed by atoms with E-state index in [1.165, 1.54) is 21.4 Å². The Hall–Kier alpha value is -2.38. The Bertz CT molecular complexity index is 959. The molecule has 0 spiro atoms. The number of benzene rings is 1. The average Bonchev–Trinajstić information content (AvgIpc) is 3.00. The van der Waals surface area contributed by atoms with Gasteiger partial charge in [0.1, 0.15) is 10.6 Å². The monoisotopic (exact) mass is 342 g/mol. The lowest BCUT2D eigenvalue weighted by Crippen LogP contribution is -2.26. The second kappa shape index (κ2) is 5.92. The van der Waals surface area contributed by atoms with Crippen LogP contribution in [-0.4, -0.2) is 16.7 Å². The number of hydrazine groups is 1. The normalized spacial score (nSPS) is 13.8. The molecule has 0 aliphatic heterocycles. The Labute approximate surface area is 142 Å². The SMILES string of the molecule is COc1ccc(-n2c(NN)nc3sc4c(c3c2=O)CCCC4)cc1. The second-order valence-electron chi connectivity index (χ2n) is 5.81. The number of methoxy groups -OCH3 is 1. The Kier molecular flexibility index (Phi) is 3.74. The lowest BCUT2D eigenvalue weighted by atomic mass is 9.97. The first kappa shape index (κ1) is 15.2. The maximum absolute atomic E-state index is 13.2. The number of hydrogen-bond acceptors (Lipinski definition) is 6. The molecule has 6 nitrogen and oxygen atoms in total. The van der Waals surface area contributed by atoms with Crippen LogP contribution in [0, 0.1) is 0 Å². The van der Waals surface area contributed by atoms with Gasteiger partial charge in [0.15, 0.2) is 0 Å². The lowest BCUT2D eigenvalue weighted by Gasteiger charge is -2.13. The van der Waals surface area contributed by atoms with E-state index >= 15 is 0 Å². The summed E-state index contributed by atoms with van der Waals surface area (Å²) in [6.45, 7) is 0. The number of thiophene rings is 1. The van der Waals surface area contributed by atoms with Gasteiger partial charge in [-0.05, 0) is 55.5 Å². The highest BCUT2D eigenvalue weighted by Gasteiger charge is 2.22. The topological polar surface area (TPSA) is 82.2 Å². The van der Waals surface area contributed by atoms with Crippen LogP contribution in [0.4, 0.5) is 5.95 Å². The second-order valence-corrected chi connectivity index (χ2v) is 6.89.